The zero-order valence-corrected chi connectivity index (χ0v) is 8.64. The summed E-state index contributed by atoms with van der Waals surface area (Å²) in [5.41, 5.74) is 0.631. The van der Waals surface area contributed by atoms with Crippen LogP contribution in [0, 0.1) is 5.92 Å². The molecular weight excluding hydrogens is 190 g/mol. The molecule has 1 fully saturated rings. The van der Waals surface area contributed by atoms with Gasteiger partial charge in [-0.3, -0.25) is 9.59 Å². The summed E-state index contributed by atoms with van der Waals surface area (Å²) in [6, 6.07) is 9.01. The topological polar surface area (TPSA) is 37.4 Å². The molecule has 1 amide bonds. The number of carbonyl (C=O) groups is 2. The van der Waals surface area contributed by atoms with Gasteiger partial charge in [0, 0.05) is 19.2 Å². The minimum absolute atomic E-state index is 0.0510. The number of amides is 1. The minimum atomic E-state index is -0.461. The minimum Gasteiger partial charge on any atom is -0.345 e. The van der Waals surface area contributed by atoms with Crippen molar-refractivity contribution < 1.29 is 9.59 Å². The molecule has 1 aromatic carbocycles. The van der Waals surface area contributed by atoms with Crippen LogP contribution in [0.1, 0.15) is 16.8 Å². The molecule has 0 saturated carbocycles. The molecule has 2 rings (SSSR count). The van der Waals surface area contributed by atoms with Crippen LogP contribution >= 0.6 is 0 Å². The fourth-order valence-electron chi connectivity index (χ4n) is 1.87. The molecule has 78 valence electrons. The quantitative estimate of drug-likeness (QED) is 0.537. The van der Waals surface area contributed by atoms with Crippen molar-refractivity contribution in [2.45, 2.75) is 6.42 Å². The summed E-state index contributed by atoms with van der Waals surface area (Å²) in [7, 11) is 1.74. The fourth-order valence-corrected chi connectivity index (χ4v) is 1.87. The first-order valence-corrected chi connectivity index (χ1v) is 5.04. The van der Waals surface area contributed by atoms with Gasteiger partial charge in [-0.15, -0.1) is 0 Å². The molecular formula is C12H13NO2. The van der Waals surface area contributed by atoms with E-state index in [1.807, 2.05) is 18.2 Å². The van der Waals surface area contributed by atoms with Gasteiger partial charge in [0.1, 0.15) is 5.92 Å². The van der Waals surface area contributed by atoms with Gasteiger partial charge in [-0.1, -0.05) is 30.3 Å². The van der Waals surface area contributed by atoms with E-state index in [-0.39, 0.29) is 11.7 Å². The number of nitrogens with zero attached hydrogens (tertiary/aromatic N) is 1. The Labute approximate surface area is 88.7 Å². The third-order valence-corrected chi connectivity index (χ3v) is 2.80. The predicted octanol–water partition coefficient (Wildman–Crippen LogP) is 1.35. The van der Waals surface area contributed by atoms with E-state index < -0.39 is 5.92 Å². The molecule has 1 aromatic rings. The van der Waals surface area contributed by atoms with Crippen LogP contribution in [-0.4, -0.2) is 30.2 Å². The maximum Gasteiger partial charge on any atom is 0.233 e. The Balaban J connectivity index is 2.20. The number of Topliss-reactive ketones (excluding diaryl/α,β-unsaturated/α-hetero) is 1. The Morgan fingerprint density at radius 3 is 2.53 bits per heavy atom. The molecule has 3 nitrogen and oxygen atoms in total. The summed E-state index contributed by atoms with van der Waals surface area (Å²) in [5, 5.41) is 0. The molecule has 0 spiro atoms. The molecule has 0 N–H and O–H groups in total. The first-order valence-electron chi connectivity index (χ1n) is 5.04. The summed E-state index contributed by atoms with van der Waals surface area (Å²) >= 11 is 0. The third kappa shape index (κ3) is 1.77. The van der Waals surface area contributed by atoms with E-state index in [9.17, 15) is 9.59 Å². The molecule has 0 aliphatic carbocycles. The van der Waals surface area contributed by atoms with E-state index in [0.717, 1.165) is 0 Å². The van der Waals surface area contributed by atoms with Crippen LogP contribution in [0.3, 0.4) is 0 Å². The van der Waals surface area contributed by atoms with Gasteiger partial charge in [-0.2, -0.15) is 0 Å². The molecule has 15 heavy (non-hydrogen) atoms. The highest BCUT2D eigenvalue weighted by molar-refractivity contribution is 6.10. The first-order chi connectivity index (χ1) is 7.20. The number of benzene rings is 1. The largest absolute Gasteiger partial charge is 0.345 e. The number of rotatable bonds is 2. The lowest BCUT2D eigenvalue weighted by Gasteiger charge is -2.09. The van der Waals surface area contributed by atoms with Gasteiger partial charge in [0.25, 0.3) is 0 Å². The Hall–Kier alpha value is -1.64. The maximum atomic E-state index is 12.0. The number of hydrogen-bond acceptors (Lipinski definition) is 2. The van der Waals surface area contributed by atoms with E-state index in [2.05, 4.69) is 0 Å². The van der Waals surface area contributed by atoms with E-state index >= 15 is 0 Å². The van der Waals surface area contributed by atoms with Crippen molar-refractivity contribution in [2.24, 2.45) is 5.92 Å². The second-order valence-corrected chi connectivity index (χ2v) is 3.83. The molecule has 1 aliphatic heterocycles. The van der Waals surface area contributed by atoms with Crippen LogP contribution in [0.15, 0.2) is 30.3 Å². The highest BCUT2D eigenvalue weighted by Gasteiger charge is 2.34. The number of ketones is 1. The van der Waals surface area contributed by atoms with Gasteiger partial charge in [-0.25, -0.2) is 0 Å². The van der Waals surface area contributed by atoms with Gasteiger partial charge in [-0.05, 0) is 6.42 Å². The van der Waals surface area contributed by atoms with Crippen LogP contribution < -0.4 is 0 Å². The zero-order chi connectivity index (χ0) is 10.8. The molecule has 0 bridgehead atoms. The number of likely N-dealkylation sites (tertiary alicyclic amines) is 1. The van der Waals surface area contributed by atoms with Crippen LogP contribution in [0.5, 0.6) is 0 Å². The van der Waals surface area contributed by atoms with E-state index in [1.165, 1.54) is 0 Å². The van der Waals surface area contributed by atoms with Crippen molar-refractivity contribution in [2.75, 3.05) is 13.6 Å². The lowest BCUT2D eigenvalue weighted by atomic mass is 9.96. The number of carbonyl (C=O) groups excluding carboxylic acids is 2. The summed E-state index contributed by atoms with van der Waals surface area (Å²) < 4.78 is 0. The molecule has 1 unspecified atom stereocenters. The van der Waals surface area contributed by atoms with Gasteiger partial charge in [0.2, 0.25) is 5.91 Å². The first kappa shape index (κ1) is 9.90. The zero-order valence-electron chi connectivity index (χ0n) is 8.64. The highest BCUT2D eigenvalue weighted by Crippen LogP contribution is 2.20. The maximum absolute atomic E-state index is 12.0. The standard InChI is InChI=1S/C12H13NO2/c1-13-8-7-10(12(13)15)11(14)9-5-3-2-4-6-9/h2-6,10H,7-8H2,1H3. The van der Waals surface area contributed by atoms with Crippen LogP contribution in [-0.2, 0) is 4.79 Å². The lowest BCUT2D eigenvalue weighted by molar-refractivity contribution is -0.128. The molecule has 1 atom stereocenters. The van der Waals surface area contributed by atoms with Crippen molar-refractivity contribution in [3.05, 3.63) is 35.9 Å². The molecule has 1 aliphatic rings. The van der Waals surface area contributed by atoms with Crippen LogP contribution in [0.25, 0.3) is 0 Å². The molecule has 0 radical (unpaired) electrons. The average molecular weight is 203 g/mol. The summed E-state index contributed by atoms with van der Waals surface area (Å²) in [5.74, 6) is -0.564. The van der Waals surface area contributed by atoms with Crippen molar-refractivity contribution in [3.63, 3.8) is 0 Å². The Kier molecular flexibility index (Phi) is 2.54. The second kappa shape index (κ2) is 3.85. The van der Waals surface area contributed by atoms with Gasteiger partial charge in [0.05, 0.1) is 0 Å². The number of hydrogen-bond donors (Lipinski definition) is 0. The smallest absolute Gasteiger partial charge is 0.233 e. The Morgan fingerprint density at radius 1 is 1.33 bits per heavy atom. The molecule has 1 heterocycles. The average Bonchev–Trinajstić information content (AvgIpc) is 2.60. The van der Waals surface area contributed by atoms with Crippen molar-refractivity contribution >= 4 is 11.7 Å². The normalized spacial score (nSPS) is 20.7. The molecule has 1 saturated heterocycles. The van der Waals surface area contributed by atoms with Gasteiger partial charge < -0.3 is 4.90 Å². The van der Waals surface area contributed by atoms with Crippen molar-refractivity contribution in [1.82, 2.24) is 4.90 Å². The van der Waals surface area contributed by atoms with Gasteiger partial charge >= 0.3 is 0 Å². The second-order valence-electron chi connectivity index (χ2n) is 3.83. The van der Waals surface area contributed by atoms with Crippen LogP contribution in [0.4, 0.5) is 0 Å². The van der Waals surface area contributed by atoms with Crippen molar-refractivity contribution in [1.29, 1.82) is 0 Å². The van der Waals surface area contributed by atoms with E-state index in [1.54, 1.807) is 24.1 Å². The summed E-state index contributed by atoms with van der Waals surface area (Å²) in [6.07, 6.45) is 0.642. The Bertz CT molecular complexity index is 386. The van der Waals surface area contributed by atoms with Crippen molar-refractivity contribution in [3.8, 4) is 0 Å². The lowest BCUT2D eigenvalue weighted by Crippen LogP contribution is -2.27. The highest BCUT2D eigenvalue weighted by atomic mass is 16.2. The SMILES string of the molecule is CN1CCC(C(=O)c2ccccc2)C1=O. The molecule has 0 aromatic heterocycles. The van der Waals surface area contributed by atoms with Gasteiger partial charge in [0.15, 0.2) is 5.78 Å². The van der Waals surface area contributed by atoms with Crippen LogP contribution in [0.2, 0.25) is 0 Å². The predicted molar refractivity (Wildman–Crippen MR) is 56.5 cm³/mol. The van der Waals surface area contributed by atoms with E-state index in [4.69, 9.17) is 0 Å². The van der Waals surface area contributed by atoms with E-state index in [0.29, 0.717) is 18.5 Å². The fraction of sp³-hybridized carbons (Fsp3) is 0.333. The Morgan fingerprint density at radius 2 is 2.00 bits per heavy atom. The summed E-state index contributed by atoms with van der Waals surface area (Å²) in [6.45, 7) is 0.683. The molecule has 3 heteroatoms. The summed E-state index contributed by atoms with van der Waals surface area (Å²) in [4.78, 5) is 25.2. The third-order valence-electron chi connectivity index (χ3n) is 2.80. The monoisotopic (exact) mass is 203 g/mol.